The van der Waals surface area contributed by atoms with Crippen LogP contribution in [0.1, 0.15) is 19.3 Å². The Morgan fingerprint density at radius 2 is 1.83 bits per heavy atom. The molecule has 0 amide bonds. The molecule has 1 aliphatic carbocycles. The lowest BCUT2D eigenvalue weighted by Gasteiger charge is -2.43. The van der Waals surface area contributed by atoms with Crippen LogP contribution in [0.2, 0.25) is 0 Å². The van der Waals surface area contributed by atoms with E-state index in [1.807, 2.05) is 0 Å². The van der Waals surface area contributed by atoms with Gasteiger partial charge in [0.25, 0.3) is 20.2 Å². The van der Waals surface area contributed by atoms with Gasteiger partial charge in [-0.15, -0.1) is 6.58 Å². The number of rotatable bonds is 7. The third-order valence-corrected chi connectivity index (χ3v) is 4.79. The van der Waals surface area contributed by atoms with E-state index >= 15 is 0 Å². The lowest BCUT2D eigenvalue weighted by Crippen LogP contribution is -2.57. The molecule has 0 saturated heterocycles. The zero-order valence-electron chi connectivity index (χ0n) is 13.7. The topological polar surface area (TPSA) is 133 Å². The molecule has 0 aromatic carbocycles. The zero-order valence-corrected chi connectivity index (χ0v) is 15.3. The van der Waals surface area contributed by atoms with Gasteiger partial charge in [0.15, 0.2) is 5.60 Å². The van der Waals surface area contributed by atoms with Crippen molar-refractivity contribution >= 4 is 26.2 Å². The number of ether oxygens (including phenoxy) is 1. The van der Waals surface area contributed by atoms with E-state index < -0.39 is 56.4 Å². The Kier molecular flexibility index (Phi) is 6.56. The van der Waals surface area contributed by atoms with Crippen LogP contribution in [0.15, 0.2) is 12.7 Å². The maximum Gasteiger partial charge on any atom is 0.339 e. The van der Waals surface area contributed by atoms with Gasteiger partial charge in [0.1, 0.15) is 6.10 Å². The standard InChI is InChI=1S/C13H22O9S2/c1-5-6-9-7-13(12(15)20-2,22-24(4,18)19)8-10(14)11(9)21-23(3,16)17/h5,9-11,14H,1,6-8H2,2-4H3/t9-,10+,11+,13-/m0/s1. The molecule has 0 spiro atoms. The van der Waals surface area contributed by atoms with Crippen molar-refractivity contribution in [3.63, 3.8) is 0 Å². The summed E-state index contributed by atoms with van der Waals surface area (Å²) < 4.78 is 60.4. The number of esters is 1. The van der Waals surface area contributed by atoms with E-state index in [1.54, 1.807) is 0 Å². The van der Waals surface area contributed by atoms with Crippen LogP contribution < -0.4 is 0 Å². The second-order valence-corrected chi connectivity index (χ2v) is 8.97. The molecule has 140 valence electrons. The molecule has 0 aliphatic heterocycles. The van der Waals surface area contributed by atoms with Crippen LogP contribution in [0.5, 0.6) is 0 Å². The molecule has 0 radical (unpaired) electrons. The Bertz CT molecular complexity index is 682. The van der Waals surface area contributed by atoms with Gasteiger partial charge in [0.2, 0.25) is 0 Å². The molecule has 9 nitrogen and oxygen atoms in total. The molecule has 0 unspecified atom stereocenters. The average molecular weight is 386 g/mol. The number of aliphatic hydroxyl groups excluding tert-OH is 1. The van der Waals surface area contributed by atoms with E-state index in [4.69, 9.17) is 8.37 Å². The summed E-state index contributed by atoms with van der Waals surface area (Å²) >= 11 is 0. The highest BCUT2D eigenvalue weighted by atomic mass is 32.2. The maximum atomic E-state index is 12.1. The van der Waals surface area contributed by atoms with E-state index in [0.29, 0.717) is 0 Å². The Morgan fingerprint density at radius 3 is 2.25 bits per heavy atom. The molecule has 1 saturated carbocycles. The highest BCUT2D eigenvalue weighted by molar-refractivity contribution is 7.86. The van der Waals surface area contributed by atoms with Crippen molar-refractivity contribution in [3.8, 4) is 0 Å². The van der Waals surface area contributed by atoms with Gasteiger partial charge in [-0.1, -0.05) is 6.08 Å². The van der Waals surface area contributed by atoms with Crippen molar-refractivity contribution in [2.24, 2.45) is 5.92 Å². The van der Waals surface area contributed by atoms with Crippen molar-refractivity contribution in [1.29, 1.82) is 0 Å². The van der Waals surface area contributed by atoms with E-state index in [1.165, 1.54) is 6.08 Å². The number of carbonyl (C=O) groups is 1. The minimum Gasteiger partial charge on any atom is -0.467 e. The molecule has 1 aliphatic rings. The summed E-state index contributed by atoms with van der Waals surface area (Å²) in [7, 11) is -6.86. The molecule has 1 N–H and O–H groups in total. The predicted molar refractivity (Wildman–Crippen MR) is 83.9 cm³/mol. The molecule has 0 heterocycles. The van der Waals surface area contributed by atoms with Crippen LogP contribution in [0, 0.1) is 5.92 Å². The van der Waals surface area contributed by atoms with Gasteiger partial charge in [-0.2, -0.15) is 16.8 Å². The largest absolute Gasteiger partial charge is 0.467 e. The second-order valence-electron chi connectivity index (χ2n) is 5.80. The van der Waals surface area contributed by atoms with Crippen molar-refractivity contribution in [3.05, 3.63) is 12.7 Å². The van der Waals surface area contributed by atoms with Gasteiger partial charge in [-0.25, -0.2) is 4.79 Å². The molecule has 4 atom stereocenters. The van der Waals surface area contributed by atoms with Gasteiger partial charge in [-0.05, 0) is 18.8 Å². The number of aliphatic hydroxyl groups is 1. The molecule has 11 heteroatoms. The Labute approximate surface area is 141 Å². The van der Waals surface area contributed by atoms with Gasteiger partial charge in [0.05, 0.1) is 25.7 Å². The van der Waals surface area contributed by atoms with Crippen LogP contribution in [-0.4, -0.2) is 65.3 Å². The quantitative estimate of drug-likeness (QED) is 0.351. The molecule has 1 rings (SSSR count). The summed E-state index contributed by atoms with van der Waals surface area (Å²) in [5.74, 6) is -1.69. The summed E-state index contributed by atoms with van der Waals surface area (Å²) in [5.41, 5.74) is -1.95. The first-order valence-electron chi connectivity index (χ1n) is 7.00. The fraction of sp³-hybridized carbons (Fsp3) is 0.769. The van der Waals surface area contributed by atoms with Gasteiger partial charge in [-0.3, -0.25) is 8.37 Å². The number of methoxy groups -OCH3 is 1. The molecular formula is C13H22O9S2. The van der Waals surface area contributed by atoms with Crippen LogP contribution in [0.3, 0.4) is 0 Å². The van der Waals surface area contributed by atoms with Gasteiger partial charge in [0, 0.05) is 6.42 Å². The van der Waals surface area contributed by atoms with Gasteiger partial charge < -0.3 is 9.84 Å². The first-order chi connectivity index (χ1) is 10.8. The highest BCUT2D eigenvalue weighted by Gasteiger charge is 2.54. The van der Waals surface area contributed by atoms with Crippen molar-refractivity contribution in [2.45, 2.75) is 37.1 Å². The zero-order chi connectivity index (χ0) is 18.8. The van der Waals surface area contributed by atoms with E-state index in [9.17, 15) is 26.7 Å². The maximum absolute atomic E-state index is 12.1. The summed E-state index contributed by atoms with van der Waals surface area (Å²) in [4.78, 5) is 12.1. The van der Waals surface area contributed by atoms with Crippen molar-refractivity contribution in [2.75, 3.05) is 19.6 Å². The van der Waals surface area contributed by atoms with Gasteiger partial charge >= 0.3 is 5.97 Å². The van der Waals surface area contributed by atoms with Crippen LogP contribution >= 0.6 is 0 Å². The van der Waals surface area contributed by atoms with E-state index in [-0.39, 0.29) is 12.8 Å². The monoisotopic (exact) mass is 386 g/mol. The normalized spacial score (nSPS) is 31.4. The molecule has 24 heavy (non-hydrogen) atoms. The van der Waals surface area contributed by atoms with Crippen LogP contribution in [0.25, 0.3) is 0 Å². The third-order valence-electron chi connectivity index (χ3n) is 3.60. The predicted octanol–water partition coefficient (Wildman–Crippen LogP) is -0.434. The summed E-state index contributed by atoms with van der Waals surface area (Å²) in [5, 5.41) is 10.3. The summed E-state index contributed by atoms with van der Waals surface area (Å²) in [6.45, 7) is 3.54. The molecule has 0 aromatic rings. The first kappa shape index (κ1) is 21.0. The second kappa shape index (κ2) is 7.48. The Hall–Kier alpha value is -1.01. The lowest BCUT2D eigenvalue weighted by molar-refractivity contribution is -0.174. The minimum absolute atomic E-state index is 0.170. The number of allylic oxidation sites excluding steroid dienone is 1. The number of hydrogen-bond acceptors (Lipinski definition) is 9. The number of hydrogen-bond donors (Lipinski definition) is 1. The fourth-order valence-electron chi connectivity index (χ4n) is 2.91. The van der Waals surface area contributed by atoms with Crippen molar-refractivity contribution < 1.29 is 39.8 Å². The highest BCUT2D eigenvalue weighted by Crippen LogP contribution is 2.41. The fourth-order valence-corrected chi connectivity index (χ4v) is 4.38. The minimum atomic E-state index is -4.05. The van der Waals surface area contributed by atoms with Crippen molar-refractivity contribution in [1.82, 2.24) is 0 Å². The average Bonchev–Trinajstić information content (AvgIpc) is 2.39. The molecular weight excluding hydrogens is 364 g/mol. The first-order valence-corrected chi connectivity index (χ1v) is 10.6. The van der Waals surface area contributed by atoms with E-state index in [2.05, 4.69) is 11.3 Å². The molecule has 0 bridgehead atoms. The SMILES string of the molecule is C=CC[C@H]1C[C@@](OS(C)(=O)=O)(C(=O)OC)C[C@@H](O)[C@@H]1OS(C)(=O)=O. The smallest absolute Gasteiger partial charge is 0.339 e. The Morgan fingerprint density at radius 1 is 1.25 bits per heavy atom. The number of carbonyl (C=O) groups excluding carboxylic acids is 1. The lowest BCUT2D eigenvalue weighted by atomic mass is 9.73. The van der Waals surface area contributed by atoms with Crippen LogP contribution in [0.4, 0.5) is 0 Å². The Balaban J connectivity index is 3.28. The summed E-state index contributed by atoms with van der Waals surface area (Å²) in [6, 6.07) is 0. The summed E-state index contributed by atoms with van der Waals surface area (Å²) in [6.07, 6.45) is -0.0899. The molecule has 0 aromatic heterocycles. The third kappa shape index (κ3) is 5.52. The molecule has 1 fully saturated rings. The van der Waals surface area contributed by atoms with E-state index in [0.717, 1.165) is 19.6 Å². The van der Waals surface area contributed by atoms with Crippen LogP contribution in [-0.2, 0) is 38.1 Å².